The number of hydrogen-bond donors (Lipinski definition) is 8. The van der Waals surface area contributed by atoms with Crippen LogP contribution in [0.25, 0.3) is 10.9 Å². The third-order valence-corrected chi connectivity index (χ3v) is 6.23. The summed E-state index contributed by atoms with van der Waals surface area (Å²) in [6.07, 6.45) is 1.38. The van der Waals surface area contributed by atoms with E-state index in [0.29, 0.717) is 0 Å². The second kappa shape index (κ2) is 13.7. The minimum absolute atomic E-state index is 0.101. The number of amides is 4. The number of carbonyl (C=O) groups is 5. The average molecular weight is 535 g/mol. The molecule has 0 fully saturated rings. The van der Waals surface area contributed by atoms with Crippen molar-refractivity contribution >= 4 is 53.1 Å². The van der Waals surface area contributed by atoms with Gasteiger partial charge in [0.1, 0.15) is 18.1 Å². The lowest BCUT2D eigenvalue weighted by atomic mass is 10.0. The topological polar surface area (TPSA) is 209 Å². The zero-order valence-corrected chi connectivity index (χ0v) is 21.6. The summed E-state index contributed by atoms with van der Waals surface area (Å²) in [6.45, 7) is 3.55. The number of H-pyrrole nitrogens is 1. The molecule has 0 aliphatic heterocycles. The first-order valence-electron chi connectivity index (χ1n) is 11.8. The summed E-state index contributed by atoms with van der Waals surface area (Å²) in [5.74, 6) is -4.41. The van der Waals surface area contributed by atoms with Crippen molar-refractivity contribution in [3.63, 3.8) is 0 Å². The molecule has 9 N–H and O–H groups in total. The summed E-state index contributed by atoms with van der Waals surface area (Å²) in [6, 6.07) is 2.91. The quantitative estimate of drug-likeness (QED) is 0.148. The highest BCUT2D eigenvalue weighted by molar-refractivity contribution is 7.80. The maximum absolute atomic E-state index is 13.3. The standard InChI is InChI=1S/C24H34N6O6S/c1-12(2)20(26)23(34)29-17(9-13-10-27-15-6-4-3-5-14(13)15)21(32)30-18(11-37)22(33)28-16(24(35)36)7-8-19(25)31/h3-6,10,12,16-18,20,27,37H,7-9,11,26H2,1-2H3,(H2,25,31)(H,28,33)(H,29,34)(H,30,32)(H,35,36). The van der Waals surface area contributed by atoms with Crippen LogP contribution in [0.15, 0.2) is 30.5 Å². The second-order valence-electron chi connectivity index (χ2n) is 9.04. The van der Waals surface area contributed by atoms with E-state index in [-0.39, 0.29) is 30.9 Å². The molecule has 2 rings (SSSR count). The van der Waals surface area contributed by atoms with Crippen LogP contribution in [0.1, 0.15) is 32.3 Å². The fourth-order valence-corrected chi connectivity index (χ4v) is 3.84. The zero-order chi connectivity index (χ0) is 27.7. The van der Waals surface area contributed by atoms with Gasteiger partial charge in [0.2, 0.25) is 23.6 Å². The molecule has 13 heteroatoms. The predicted molar refractivity (Wildman–Crippen MR) is 141 cm³/mol. The molecular formula is C24H34N6O6S. The molecule has 1 aromatic carbocycles. The molecule has 4 unspecified atom stereocenters. The predicted octanol–water partition coefficient (Wildman–Crippen LogP) is -0.572. The largest absolute Gasteiger partial charge is 0.480 e. The van der Waals surface area contributed by atoms with E-state index in [1.54, 1.807) is 20.0 Å². The van der Waals surface area contributed by atoms with E-state index >= 15 is 0 Å². The first-order valence-corrected chi connectivity index (χ1v) is 12.4. The number of thiol groups is 1. The van der Waals surface area contributed by atoms with Crippen molar-refractivity contribution in [3.05, 3.63) is 36.0 Å². The maximum Gasteiger partial charge on any atom is 0.326 e. The minimum atomic E-state index is -1.38. The van der Waals surface area contributed by atoms with Crippen LogP contribution in [0.3, 0.4) is 0 Å². The number of benzene rings is 1. The van der Waals surface area contributed by atoms with Crippen LogP contribution in [-0.4, -0.2) is 69.6 Å². The normalized spacial score (nSPS) is 14.4. The number of fused-ring (bicyclic) bond motifs is 1. The summed E-state index contributed by atoms with van der Waals surface area (Å²) in [4.78, 5) is 64.3. The average Bonchev–Trinajstić information content (AvgIpc) is 3.26. The lowest BCUT2D eigenvalue weighted by Crippen LogP contribution is -2.58. The Labute approximate surface area is 219 Å². The highest BCUT2D eigenvalue weighted by Crippen LogP contribution is 2.19. The van der Waals surface area contributed by atoms with E-state index in [0.717, 1.165) is 16.5 Å². The number of carbonyl (C=O) groups excluding carboxylic acids is 4. The first-order chi connectivity index (χ1) is 17.4. The number of primary amides is 1. The van der Waals surface area contributed by atoms with E-state index in [2.05, 4.69) is 33.6 Å². The fourth-order valence-electron chi connectivity index (χ4n) is 3.58. The number of rotatable bonds is 14. The molecule has 1 aromatic heterocycles. The maximum atomic E-state index is 13.3. The highest BCUT2D eigenvalue weighted by atomic mass is 32.1. The molecule has 37 heavy (non-hydrogen) atoms. The second-order valence-corrected chi connectivity index (χ2v) is 9.41. The Morgan fingerprint density at radius 1 is 0.973 bits per heavy atom. The van der Waals surface area contributed by atoms with Gasteiger partial charge >= 0.3 is 5.97 Å². The molecule has 202 valence electrons. The van der Waals surface area contributed by atoms with Gasteiger partial charge in [0.05, 0.1) is 6.04 Å². The van der Waals surface area contributed by atoms with Crippen LogP contribution in [0, 0.1) is 5.92 Å². The number of aromatic amines is 1. The van der Waals surface area contributed by atoms with Crippen LogP contribution in [0.4, 0.5) is 0 Å². The molecule has 4 amide bonds. The number of carboxylic acids is 1. The number of aromatic nitrogens is 1. The van der Waals surface area contributed by atoms with E-state index in [1.165, 1.54) is 0 Å². The van der Waals surface area contributed by atoms with E-state index in [9.17, 15) is 29.1 Å². The number of hydrogen-bond acceptors (Lipinski definition) is 7. The van der Waals surface area contributed by atoms with Crippen molar-refractivity contribution in [2.24, 2.45) is 17.4 Å². The van der Waals surface area contributed by atoms with Crippen LogP contribution in [-0.2, 0) is 30.4 Å². The molecule has 0 aliphatic carbocycles. The number of carboxylic acid groups (broad SMARTS) is 1. The minimum Gasteiger partial charge on any atom is -0.480 e. The van der Waals surface area contributed by atoms with Crippen LogP contribution in [0.2, 0.25) is 0 Å². The Kier molecular flexibility index (Phi) is 10.9. The third-order valence-electron chi connectivity index (χ3n) is 5.86. The number of nitrogens with two attached hydrogens (primary N) is 2. The van der Waals surface area contributed by atoms with E-state index < -0.39 is 53.8 Å². The van der Waals surface area contributed by atoms with Gasteiger partial charge in [0.15, 0.2) is 0 Å². The SMILES string of the molecule is CC(C)C(N)C(=O)NC(Cc1c[nH]c2ccccc12)C(=O)NC(CS)C(=O)NC(CCC(N)=O)C(=O)O. The van der Waals surface area contributed by atoms with E-state index in [4.69, 9.17) is 11.5 Å². The fraction of sp³-hybridized carbons (Fsp3) is 0.458. The van der Waals surface area contributed by atoms with Crippen molar-refractivity contribution in [3.8, 4) is 0 Å². The van der Waals surface area contributed by atoms with Crippen molar-refractivity contribution < 1.29 is 29.1 Å². The van der Waals surface area contributed by atoms with Crippen LogP contribution < -0.4 is 27.4 Å². The van der Waals surface area contributed by atoms with Crippen molar-refractivity contribution in [2.45, 2.75) is 57.3 Å². The van der Waals surface area contributed by atoms with Gasteiger partial charge in [-0.1, -0.05) is 32.0 Å². The monoisotopic (exact) mass is 534 g/mol. The summed E-state index contributed by atoms with van der Waals surface area (Å²) in [7, 11) is 0. The third kappa shape index (κ3) is 8.50. The molecule has 12 nitrogen and oxygen atoms in total. The molecule has 0 radical (unpaired) electrons. The van der Waals surface area contributed by atoms with Gasteiger partial charge in [-0.05, 0) is 24.0 Å². The van der Waals surface area contributed by atoms with Gasteiger partial charge in [-0.3, -0.25) is 19.2 Å². The molecule has 0 saturated heterocycles. The van der Waals surface area contributed by atoms with Crippen LogP contribution >= 0.6 is 12.6 Å². The molecule has 4 atom stereocenters. The van der Waals surface area contributed by atoms with Crippen molar-refractivity contribution in [1.29, 1.82) is 0 Å². The number of nitrogens with one attached hydrogen (secondary N) is 4. The summed E-state index contributed by atoms with van der Waals surface area (Å²) >= 11 is 4.11. The van der Waals surface area contributed by atoms with Gasteiger partial charge in [0, 0.05) is 35.7 Å². The molecule has 2 aromatic rings. The van der Waals surface area contributed by atoms with Gasteiger partial charge < -0.3 is 37.5 Å². The lowest BCUT2D eigenvalue weighted by molar-refractivity contribution is -0.142. The Morgan fingerprint density at radius 2 is 1.57 bits per heavy atom. The smallest absolute Gasteiger partial charge is 0.326 e. The molecule has 1 heterocycles. The van der Waals surface area contributed by atoms with Gasteiger partial charge in [-0.15, -0.1) is 0 Å². The Morgan fingerprint density at radius 3 is 2.16 bits per heavy atom. The number of para-hydroxylation sites is 1. The number of aliphatic carboxylic acids is 1. The molecule has 0 aliphatic rings. The summed E-state index contributed by atoms with van der Waals surface area (Å²) < 4.78 is 0. The van der Waals surface area contributed by atoms with Crippen LogP contribution in [0.5, 0.6) is 0 Å². The summed E-state index contributed by atoms with van der Waals surface area (Å²) in [5, 5.41) is 17.7. The molecule has 0 saturated carbocycles. The van der Waals surface area contributed by atoms with Crippen molar-refractivity contribution in [1.82, 2.24) is 20.9 Å². The Bertz CT molecular complexity index is 1140. The molecule has 0 spiro atoms. The van der Waals surface area contributed by atoms with Crippen molar-refractivity contribution in [2.75, 3.05) is 5.75 Å². The van der Waals surface area contributed by atoms with Gasteiger partial charge in [-0.25, -0.2) is 4.79 Å². The van der Waals surface area contributed by atoms with E-state index in [1.807, 2.05) is 24.3 Å². The Balaban J connectivity index is 2.21. The van der Waals surface area contributed by atoms with Gasteiger partial charge in [0.25, 0.3) is 0 Å². The summed E-state index contributed by atoms with van der Waals surface area (Å²) in [5.41, 5.74) is 12.6. The first kappa shape index (κ1) is 29.6. The molecular weight excluding hydrogens is 500 g/mol. The lowest BCUT2D eigenvalue weighted by Gasteiger charge is -2.25. The Hall–Kier alpha value is -3.58. The highest BCUT2D eigenvalue weighted by Gasteiger charge is 2.31. The zero-order valence-electron chi connectivity index (χ0n) is 20.7. The van der Waals surface area contributed by atoms with Gasteiger partial charge in [-0.2, -0.15) is 12.6 Å². The molecule has 0 bridgehead atoms.